The van der Waals surface area contributed by atoms with E-state index in [1.54, 1.807) is 17.2 Å². The lowest BCUT2D eigenvalue weighted by Crippen LogP contribution is -2.37. The van der Waals surface area contributed by atoms with Crippen LogP contribution in [0.3, 0.4) is 0 Å². The van der Waals surface area contributed by atoms with Crippen molar-refractivity contribution in [2.75, 3.05) is 13.6 Å². The zero-order valence-electron chi connectivity index (χ0n) is 9.57. The number of hydrogen-bond acceptors (Lipinski definition) is 2. The number of carbonyl (C=O) groups is 1. The van der Waals surface area contributed by atoms with Gasteiger partial charge < -0.3 is 9.32 Å². The van der Waals surface area contributed by atoms with Gasteiger partial charge in [0.1, 0.15) is 5.76 Å². The second-order valence-corrected chi connectivity index (χ2v) is 5.81. The van der Waals surface area contributed by atoms with Gasteiger partial charge in [-0.05, 0) is 31.7 Å². The van der Waals surface area contributed by atoms with Gasteiger partial charge in [0.05, 0.1) is 11.8 Å². The van der Waals surface area contributed by atoms with Crippen LogP contribution in [0.2, 0.25) is 0 Å². The van der Waals surface area contributed by atoms with E-state index in [9.17, 15) is 4.79 Å². The van der Waals surface area contributed by atoms with Gasteiger partial charge in [0.2, 0.25) is 0 Å². The van der Waals surface area contributed by atoms with Gasteiger partial charge in [0, 0.05) is 18.4 Å². The quantitative estimate of drug-likeness (QED) is 0.801. The summed E-state index contributed by atoms with van der Waals surface area (Å²) < 4.78 is 5.14. The highest BCUT2D eigenvalue weighted by atomic mass is 79.9. The summed E-state index contributed by atoms with van der Waals surface area (Å²) in [5.41, 5.74) is 0.678. The molecule has 1 heterocycles. The van der Waals surface area contributed by atoms with E-state index in [4.69, 9.17) is 4.42 Å². The topological polar surface area (TPSA) is 33.5 Å². The molecule has 16 heavy (non-hydrogen) atoms. The van der Waals surface area contributed by atoms with Gasteiger partial charge in [-0.15, -0.1) is 0 Å². The molecule has 1 fully saturated rings. The van der Waals surface area contributed by atoms with Crippen LogP contribution in [0.4, 0.5) is 0 Å². The van der Waals surface area contributed by atoms with E-state index in [0.29, 0.717) is 22.1 Å². The van der Waals surface area contributed by atoms with Gasteiger partial charge in [-0.2, -0.15) is 0 Å². The first-order chi connectivity index (χ1) is 7.58. The van der Waals surface area contributed by atoms with Crippen molar-refractivity contribution in [1.82, 2.24) is 4.90 Å². The van der Waals surface area contributed by atoms with Crippen LogP contribution in [-0.4, -0.2) is 29.2 Å². The molecule has 0 spiro atoms. The van der Waals surface area contributed by atoms with Crippen LogP contribution in [-0.2, 0) is 0 Å². The van der Waals surface area contributed by atoms with E-state index >= 15 is 0 Å². The lowest BCUT2D eigenvalue weighted by atomic mass is 9.85. The predicted molar refractivity (Wildman–Crippen MR) is 65.8 cm³/mol. The molecule has 2 rings (SSSR count). The second kappa shape index (κ2) is 4.62. The Balaban J connectivity index is 1.92. The van der Waals surface area contributed by atoms with Crippen LogP contribution in [0.1, 0.15) is 29.0 Å². The van der Waals surface area contributed by atoms with Crippen molar-refractivity contribution in [2.45, 2.75) is 24.6 Å². The van der Waals surface area contributed by atoms with Gasteiger partial charge in [0.15, 0.2) is 0 Å². The molecule has 0 radical (unpaired) electrons. The number of hydrogen-bond donors (Lipinski definition) is 0. The Morgan fingerprint density at radius 1 is 1.62 bits per heavy atom. The third kappa shape index (κ3) is 2.32. The zero-order valence-corrected chi connectivity index (χ0v) is 11.2. The van der Waals surface area contributed by atoms with Crippen molar-refractivity contribution in [3.63, 3.8) is 0 Å². The number of rotatable bonds is 3. The number of furan rings is 1. The fourth-order valence-corrected chi connectivity index (χ4v) is 3.14. The highest BCUT2D eigenvalue weighted by molar-refractivity contribution is 9.09. The summed E-state index contributed by atoms with van der Waals surface area (Å²) in [6.45, 7) is 2.66. The summed E-state index contributed by atoms with van der Waals surface area (Å²) in [6, 6.07) is 1.74. The monoisotopic (exact) mass is 285 g/mol. The Morgan fingerprint density at radius 3 is 2.81 bits per heavy atom. The van der Waals surface area contributed by atoms with E-state index in [1.807, 2.05) is 14.0 Å². The summed E-state index contributed by atoms with van der Waals surface area (Å²) in [5, 5.41) is 0. The number of aryl methyl sites for hydroxylation is 1. The molecule has 0 saturated heterocycles. The molecule has 1 saturated carbocycles. The van der Waals surface area contributed by atoms with E-state index in [2.05, 4.69) is 15.9 Å². The Morgan fingerprint density at radius 2 is 2.31 bits per heavy atom. The average Bonchev–Trinajstić information content (AvgIpc) is 2.61. The Bertz CT molecular complexity index is 382. The molecule has 3 nitrogen and oxygen atoms in total. The van der Waals surface area contributed by atoms with Crippen molar-refractivity contribution in [2.24, 2.45) is 5.92 Å². The molecular weight excluding hydrogens is 270 g/mol. The van der Waals surface area contributed by atoms with Crippen LogP contribution in [0, 0.1) is 12.8 Å². The number of carbonyl (C=O) groups excluding carboxylic acids is 1. The summed E-state index contributed by atoms with van der Waals surface area (Å²) in [5.74, 6) is 1.40. The highest BCUT2D eigenvalue weighted by Gasteiger charge is 2.29. The molecule has 1 aliphatic carbocycles. The van der Waals surface area contributed by atoms with E-state index in [-0.39, 0.29) is 5.91 Å². The van der Waals surface area contributed by atoms with Crippen molar-refractivity contribution in [3.05, 3.63) is 23.7 Å². The largest absolute Gasteiger partial charge is 0.469 e. The third-order valence-corrected chi connectivity index (χ3v) is 3.89. The summed E-state index contributed by atoms with van der Waals surface area (Å²) >= 11 is 3.56. The summed E-state index contributed by atoms with van der Waals surface area (Å²) in [4.78, 5) is 14.5. The summed E-state index contributed by atoms with van der Waals surface area (Å²) in [6.07, 6.45) is 3.90. The first kappa shape index (κ1) is 11.7. The minimum Gasteiger partial charge on any atom is -0.469 e. The molecule has 0 aliphatic heterocycles. The van der Waals surface area contributed by atoms with Gasteiger partial charge in [0.25, 0.3) is 5.91 Å². The van der Waals surface area contributed by atoms with Crippen LogP contribution in [0.5, 0.6) is 0 Å². The van der Waals surface area contributed by atoms with Crippen LogP contribution >= 0.6 is 15.9 Å². The lowest BCUT2D eigenvalue weighted by Gasteiger charge is -2.34. The van der Waals surface area contributed by atoms with E-state index in [0.717, 1.165) is 6.54 Å². The van der Waals surface area contributed by atoms with E-state index < -0.39 is 0 Å². The zero-order chi connectivity index (χ0) is 11.7. The fraction of sp³-hybridized carbons (Fsp3) is 0.583. The first-order valence-electron chi connectivity index (χ1n) is 5.51. The normalized spacial score (nSPS) is 23.9. The van der Waals surface area contributed by atoms with Crippen molar-refractivity contribution in [1.29, 1.82) is 0 Å². The molecule has 1 amide bonds. The lowest BCUT2D eigenvalue weighted by molar-refractivity contribution is 0.0747. The fourth-order valence-electron chi connectivity index (χ4n) is 2.09. The maximum atomic E-state index is 12.0. The molecule has 1 aliphatic rings. The van der Waals surface area contributed by atoms with Gasteiger partial charge in [-0.1, -0.05) is 15.9 Å². The van der Waals surface area contributed by atoms with Gasteiger partial charge in [-0.3, -0.25) is 4.79 Å². The molecule has 1 aromatic rings. The Labute approximate surface area is 104 Å². The minimum absolute atomic E-state index is 0.0595. The number of nitrogens with zero attached hydrogens (tertiary/aromatic N) is 1. The third-order valence-electron chi connectivity index (χ3n) is 3.15. The molecule has 0 bridgehead atoms. The molecule has 88 valence electrons. The summed E-state index contributed by atoms with van der Waals surface area (Å²) in [7, 11) is 1.86. The molecule has 4 heteroatoms. The van der Waals surface area contributed by atoms with Crippen molar-refractivity contribution in [3.8, 4) is 0 Å². The van der Waals surface area contributed by atoms with Crippen LogP contribution in [0.15, 0.2) is 16.7 Å². The number of amides is 1. The van der Waals surface area contributed by atoms with Gasteiger partial charge >= 0.3 is 0 Å². The number of alkyl halides is 1. The van der Waals surface area contributed by atoms with E-state index in [1.165, 1.54) is 12.8 Å². The molecule has 1 aromatic heterocycles. The molecule has 0 atom stereocenters. The van der Waals surface area contributed by atoms with Crippen molar-refractivity contribution >= 4 is 21.8 Å². The highest BCUT2D eigenvalue weighted by Crippen LogP contribution is 2.33. The molecule has 0 N–H and O–H groups in total. The maximum Gasteiger partial charge on any atom is 0.257 e. The minimum atomic E-state index is 0.0595. The SMILES string of the molecule is Cc1occc1C(=O)N(C)CC1CC(Br)C1. The average molecular weight is 286 g/mol. The number of halogens is 1. The predicted octanol–water partition coefficient (Wildman–Crippen LogP) is 2.83. The Kier molecular flexibility index (Phi) is 3.38. The standard InChI is InChI=1S/C12H16BrNO2/c1-8-11(3-4-16-8)12(15)14(2)7-9-5-10(13)6-9/h3-4,9-10H,5-7H2,1-2H3. The first-order valence-corrected chi connectivity index (χ1v) is 6.43. The maximum absolute atomic E-state index is 12.0. The van der Waals surface area contributed by atoms with Crippen LogP contribution < -0.4 is 0 Å². The second-order valence-electron chi connectivity index (χ2n) is 4.51. The van der Waals surface area contributed by atoms with Crippen LogP contribution in [0.25, 0.3) is 0 Å². The smallest absolute Gasteiger partial charge is 0.257 e. The molecule has 0 unspecified atom stereocenters. The Hall–Kier alpha value is -0.770. The van der Waals surface area contributed by atoms with Crippen molar-refractivity contribution < 1.29 is 9.21 Å². The molecule has 0 aromatic carbocycles. The van der Waals surface area contributed by atoms with Gasteiger partial charge in [-0.25, -0.2) is 0 Å². The molecular formula is C12H16BrNO2.